The number of halogens is 2. The highest BCUT2D eigenvalue weighted by atomic mass is 35.5. The zero-order valence-electron chi connectivity index (χ0n) is 11.2. The highest BCUT2D eigenvalue weighted by Crippen LogP contribution is 2.34. The van der Waals surface area contributed by atoms with Crippen molar-refractivity contribution in [1.82, 2.24) is 4.98 Å². The van der Waals surface area contributed by atoms with E-state index in [2.05, 4.69) is 16.4 Å². The molecule has 1 amide bonds. The van der Waals surface area contributed by atoms with E-state index >= 15 is 0 Å². The van der Waals surface area contributed by atoms with E-state index < -0.39 is 0 Å². The van der Waals surface area contributed by atoms with Gasteiger partial charge in [-0.1, -0.05) is 46.7 Å². The van der Waals surface area contributed by atoms with Crippen molar-refractivity contribution in [1.29, 1.82) is 0 Å². The third-order valence-electron chi connectivity index (χ3n) is 3.06. The summed E-state index contributed by atoms with van der Waals surface area (Å²) in [6.45, 7) is 4.03. The molecular weight excluding hydrogens is 347 g/mol. The van der Waals surface area contributed by atoms with Crippen LogP contribution in [0.2, 0.25) is 8.67 Å². The molecule has 1 N–H and O–H groups in total. The van der Waals surface area contributed by atoms with E-state index in [-0.39, 0.29) is 5.91 Å². The van der Waals surface area contributed by atoms with Crippen LogP contribution in [0.25, 0.3) is 10.2 Å². The minimum absolute atomic E-state index is 0.294. The quantitative estimate of drug-likeness (QED) is 0.655. The number of aryl methyl sites for hydroxylation is 2. The Bertz CT molecular complexity index is 815. The van der Waals surface area contributed by atoms with E-state index in [4.69, 9.17) is 23.2 Å². The standard InChI is InChI=1S/C14H10Cl2N2OS2/c1-6-3-4-7(2)11-10(6)17-14(21-11)18-13(19)8-5-9(15)20-12(8)16/h3-5H,1-2H3,(H,17,18,19). The molecule has 0 saturated heterocycles. The second-order valence-corrected chi connectivity index (χ2v) is 7.87. The molecule has 3 nitrogen and oxygen atoms in total. The Morgan fingerprint density at radius 3 is 2.52 bits per heavy atom. The van der Waals surface area contributed by atoms with Crippen LogP contribution in [0.5, 0.6) is 0 Å². The number of hydrogen-bond acceptors (Lipinski definition) is 4. The molecule has 3 aromatic rings. The van der Waals surface area contributed by atoms with Gasteiger partial charge in [-0.15, -0.1) is 11.3 Å². The number of thiazole rings is 1. The molecule has 0 aliphatic carbocycles. The number of nitrogens with zero attached hydrogens (tertiary/aromatic N) is 1. The monoisotopic (exact) mass is 356 g/mol. The number of aromatic nitrogens is 1. The fraction of sp³-hybridized carbons (Fsp3) is 0.143. The second-order valence-electron chi connectivity index (χ2n) is 4.59. The van der Waals surface area contributed by atoms with Gasteiger partial charge in [0.25, 0.3) is 5.91 Å². The smallest absolute Gasteiger partial charge is 0.259 e. The van der Waals surface area contributed by atoms with E-state index in [0.29, 0.717) is 19.4 Å². The number of rotatable bonds is 2. The van der Waals surface area contributed by atoms with Gasteiger partial charge in [-0.25, -0.2) is 4.98 Å². The van der Waals surface area contributed by atoms with Gasteiger partial charge in [-0.2, -0.15) is 0 Å². The lowest BCUT2D eigenvalue weighted by molar-refractivity contribution is 0.102. The number of fused-ring (bicyclic) bond motifs is 1. The summed E-state index contributed by atoms with van der Waals surface area (Å²) < 4.78 is 1.95. The van der Waals surface area contributed by atoms with Gasteiger partial charge < -0.3 is 0 Å². The molecule has 7 heteroatoms. The number of hydrogen-bond donors (Lipinski definition) is 1. The summed E-state index contributed by atoms with van der Waals surface area (Å²) >= 11 is 14.5. The first kappa shape index (κ1) is 14.8. The van der Waals surface area contributed by atoms with Crippen LogP contribution in [0.3, 0.4) is 0 Å². The van der Waals surface area contributed by atoms with E-state index in [0.717, 1.165) is 21.3 Å². The van der Waals surface area contributed by atoms with Gasteiger partial charge in [0, 0.05) is 0 Å². The second kappa shape index (κ2) is 5.57. The minimum Gasteiger partial charge on any atom is -0.298 e. The van der Waals surface area contributed by atoms with Crippen LogP contribution in [0.1, 0.15) is 21.5 Å². The van der Waals surface area contributed by atoms with Crippen molar-refractivity contribution in [2.24, 2.45) is 0 Å². The average molecular weight is 357 g/mol. The number of benzene rings is 1. The number of nitrogens with one attached hydrogen (secondary N) is 1. The van der Waals surface area contributed by atoms with Crippen molar-refractivity contribution in [2.45, 2.75) is 13.8 Å². The first-order valence-electron chi connectivity index (χ1n) is 6.08. The highest BCUT2D eigenvalue weighted by molar-refractivity contribution is 7.22. The largest absolute Gasteiger partial charge is 0.298 e. The summed E-state index contributed by atoms with van der Waals surface area (Å²) in [7, 11) is 0. The molecule has 2 aromatic heterocycles. The molecule has 2 heterocycles. The lowest BCUT2D eigenvalue weighted by Crippen LogP contribution is -2.10. The lowest BCUT2D eigenvalue weighted by atomic mass is 10.1. The average Bonchev–Trinajstić information content (AvgIpc) is 2.98. The number of carbonyl (C=O) groups excluding carboxylic acids is 1. The molecule has 0 aliphatic rings. The van der Waals surface area contributed by atoms with E-state index in [1.165, 1.54) is 22.7 Å². The predicted molar refractivity (Wildman–Crippen MR) is 91.4 cm³/mol. The zero-order chi connectivity index (χ0) is 15.1. The Hall–Kier alpha value is -1.14. The van der Waals surface area contributed by atoms with Gasteiger partial charge in [0.05, 0.1) is 20.1 Å². The van der Waals surface area contributed by atoms with Crippen molar-refractivity contribution >= 4 is 67.1 Å². The Kier molecular flexibility index (Phi) is 3.92. The number of anilines is 1. The number of thiophene rings is 1. The summed E-state index contributed by atoms with van der Waals surface area (Å²) in [6, 6.07) is 5.64. The molecule has 0 saturated carbocycles. The fourth-order valence-electron chi connectivity index (χ4n) is 1.97. The Balaban J connectivity index is 1.95. The normalized spacial score (nSPS) is 11.0. The molecule has 1 aromatic carbocycles. The van der Waals surface area contributed by atoms with E-state index in [1.807, 2.05) is 19.9 Å². The molecule has 3 rings (SSSR count). The molecule has 0 aliphatic heterocycles. The van der Waals surface area contributed by atoms with E-state index in [1.54, 1.807) is 6.07 Å². The van der Waals surface area contributed by atoms with Crippen LogP contribution in [0, 0.1) is 13.8 Å². The first-order valence-corrected chi connectivity index (χ1v) is 8.47. The Labute approximate surface area is 139 Å². The molecular formula is C14H10Cl2N2OS2. The summed E-state index contributed by atoms with van der Waals surface area (Å²) in [5.74, 6) is -0.294. The van der Waals surface area contributed by atoms with Gasteiger partial charge in [-0.05, 0) is 31.0 Å². The van der Waals surface area contributed by atoms with Crippen molar-refractivity contribution < 1.29 is 4.79 Å². The number of carbonyl (C=O) groups is 1. The third kappa shape index (κ3) is 2.79. The van der Waals surface area contributed by atoms with Gasteiger partial charge in [0.15, 0.2) is 5.13 Å². The van der Waals surface area contributed by atoms with E-state index in [9.17, 15) is 4.79 Å². The molecule has 0 radical (unpaired) electrons. The maximum Gasteiger partial charge on any atom is 0.259 e. The topological polar surface area (TPSA) is 42.0 Å². The predicted octanol–water partition coefficient (Wildman–Crippen LogP) is 5.53. The number of amides is 1. The van der Waals surface area contributed by atoms with Crippen molar-refractivity contribution in [3.05, 3.63) is 43.6 Å². The molecule has 0 bridgehead atoms. The molecule has 0 unspecified atom stereocenters. The van der Waals surface area contributed by atoms with Crippen LogP contribution >= 0.6 is 45.9 Å². The van der Waals surface area contributed by atoms with Crippen molar-refractivity contribution in [3.63, 3.8) is 0 Å². The van der Waals surface area contributed by atoms with Crippen LogP contribution in [-0.2, 0) is 0 Å². The van der Waals surface area contributed by atoms with Gasteiger partial charge >= 0.3 is 0 Å². The Morgan fingerprint density at radius 2 is 1.90 bits per heavy atom. The van der Waals surface area contributed by atoms with Gasteiger partial charge in [0.2, 0.25) is 0 Å². The van der Waals surface area contributed by atoms with Crippen molar-refractivity contribution in [2.75, 3.05) is 5.32 Å². The Morgan fingerprint density at radius 1 is 1.19 bits per heavy atom. The maximum atomic E-state index is 12.2. The first-order chi connectivity index (χ1) is 9.95. The van der Waals surface area contributed by atoms with Gasteiger partial charge in [0.1, 0.15) is 4.34 Å². The molecule has 0 atom stereocenters. The lowest BCUT2D eigenvalue weighted by Gasteiger charge is -1.98. The van der Waals surface area contributed by atoms with Crippen LogP contribution in [-0.4, -0.2) is 10.9 Å². The fourth-order valence-corrected chi connectivity index (χ4v) is 4.44. The van der Waals surface area contributed by atoms with Crippen LogP contribution in [0.4, 0.5) is 5.13 Å². The van der Waals surface area contributed by atoms with Crippen molar-refractivity contribution in [3.8, 4) is 0 Å². The summed E-state index contributed by atoms with van der Waals surface area (Å²) in [4.78, 5) is 16.7. The van der Waals surface area contributed by atoms with Crippen LogP contribution in [0.15, 0.2) is 18.2 Å². The third-order valence-corrected chi connectivity index (χ3v) is 5.66. The summed E-state index contributed by atoms with van der Waals surface area (Å²) in [5.41, 5.74) is 3.53. The highest BCUT2D eigenvalue weighted by Gasteiger charge is 2.16. The summed E-state index contributed by atoms with van der Waals surface area (Å²) in [6.07, 6.45) is 0. The molecule has 0 spiro atoms. The molecule has 21 heavy (non-hydrogen) atoms. The molecule has 0 fully saturated rings. The van der Waals surface area contributed by atoms with Crippen LogP contribution < -0.4 is 5.32 Å². The van der Waals surface area contributed by atoms with Gasteiger partial charge in [-0.3, -0.25) is 10.1 Å². The molecule has 108 valence electrons. The maximum absolute atomic E-state index is 12.2. The summed E-state index contributed by atoms with van der Waals surface area (Å²) in [5, 5.41) is 3.35. The zero-order valence-corrected chi connectivity index (χ0v) is 14.3. The minimum atomic E-state index is -0.294. The SMILES string of the molecule is Cc1ccc(C)c2sc(NC(=O)c3cc(Cl)sc3Cl)nc12.